The van der Waals surface area contributed by atoms with Crippen molar-refractivity contribution in [3.8, 4) is 5.75 Å². The summed E-state index contributed by atoms with van der Waals surface area (Å²) in [6.45, 7) is -3.32. The highest BCUT2D eigenvalue weighted by molar-refractivity contribution is 14.1. The molecule has 0 spiro atoms. The molecule has 1 rings (SSSR count). The summed E-state index contributed by atoms with van der Waals surface area (Å²) in [7, 11) is 0. The maximum atomic E-state index is 12.6. The average Bonchev–Trinajstić information content (AvgIpc) is 2.08. The van der Waals surface area contributed by atoms with E-state index < -0.39 is 24.1 Å². The van der Waals surface area contributed by atoms with Gasteiger partial charge in [0.25, 0.3) is 0 Å². The predicted molar refractivity (Wildman–Crippen MR) is 55.8 cm³/mol. The summed E-state index contributed by atoms with van der Waals surface area (Å²) in [6.07, 6.45) is -4.80. The molecule has 8 heteroatoms. The van der Waals surface area contributed by atoms with E-state index in [0.29, 0.717) is 0 Å². The highest BCUT2D eigenvalue weighted by Gasteiger charge is 2.38. The van der Waals surface area contributed by atoms with Crippen LogP contribution in [-0.2, 0) is 6.18 Å². The molecule has 0 saturated carbocycles. The first-order valence-corrected chi connectivity index (χ1v) is 5.19. The van der Waals surface area contributed by atoms with Crippen LogP contribution < -0.4 is 4.74 Å². The number of rotatable bonds is 2. The fourth-order valence-corrected chi connectivity index (χ4v) is 1.90. The summed E-state index contributed by atoms with van der Waals surface area (Å²) in [5, 5.41) is -0.172. The van der Waals surface area contributed by atoms with Crippen LogP contribution in [0.15, 0.2) is 12.1 Å². The van der Waals surface area contributed by atoms with Gasteiger partial charge in [-0.25, -0.2) is 0 Å². The number of ether oxygens (including phenoxy) is 1. The van der Waals surface area contributed by atoms with Crippen LogP contribution in [0.3, 0.4) is 0 Å². The van der Waals surface area contributed by atoms with Gasteiger partial charge in [0.1, 0.15) is 11.3 Å². The summed E-state index contributed by atoms with van der Waals surface area (Å²) in [6, 6.07) is 1.83. The average molecular weight is 372 g/mol. The van der Waals surface area contributed by atoms with Crippen molar-refractivity contribution in [1.82, 2.24) is 0 Å². The molecule has 0 amide bonds. The first-order chi connectivity index (χ1) is 7.23. The molecule has 0 bridgehead atoms. The zero-order valence-corrected chi connectivity index (χ0v) is 10.2. The van der Waals surface area contributed by atoms with E-state index >= 15 is 0 Å². The van der Waals surface area contributed by atoms with Gasteiger partial charge >= 0.3 is 12.8 Å². The van der Waals surface area contributed by atoms with E-state index in [4.69, 9.17) is 11.6 Å². The summed E-state index contributed by atoms with van der Waals surface area (Å²) in [5.41, 5.74) is -1.29. The molecule has 0 aliphatic heterocycles. The Morgan fingerprint density at radius 3 is 2.25 bits per heavy atom. The molecule has 1 aromatic rings. The van der Waals surface area contributed by atoms with Gasteiger partial charge in [0.2, 0.25) is 0 Å². The van der Waals surface area contributed by atoms with E-state index in [-0.39, 0.29) is 8.59 Å². The highest BCUT2D eigenvalue weighted by atomic mass is 127. The second kappa shape index (κ2) is 4.91. The van der Waals surface area contributed by atoms with Crippen molar-refractivity contribution < 1.29 is 26.7 Å². The molecule has 0 atom stereocenters. The Labute approximate surface area is 106 Å². The number of hydrogen-bond acceptors (Lipinski definition) is 1. The fourth-order valence-electron chi connectivity index (χ4n) is 0.991. The molecule has 0 saturated heterocycles. The van der Waals surface area contributed by atoms with Gasteiger partial charge in [-0.1, -0.05) is 11.6 Å². The molecule has 0 heterocycles. The van der Waals surface area contributed by atoms with Crippen molar-refractivity contribution in [3.05, 3.63) is 26.3 Å². The quantitative estimate of drug-likeness (QED) is 0.546. The first-order valence-electron chi connectivity index (χ1n) is 3.73. The van der Waals surface area contributed by atoms with Gasteiger partial charge in [0.05, 0.1) is 5.02 Å². The van der Waals surface area contributed by atoms with Crippen molar-refractivity contribution in [2.24, 2.45) is 0 Å². The number of alkyl halides is 5. The van der Waals surface area contributed by atoms with Crippen molar-refractivity contribution in [2.75, 3.05) is 0 Å². The minimum absolute atomic E-state index is 0.172. The summed E-state index contributed by atoms with van der Waals surface area (Å²) >= 11 is 6.80. The second-order valence-electron chi connectivity index (χ2n) is 2.61. The molecule has 0 aromatic heterocycles. The van der Waals surface area contributed by atoms with Gasteiger partial charge in [-0.15, -0.1) is 0 Å². The molecule has 1 nitrogen and oxygen atoms in total. The molecule has 0 N–H and O–H groups in total. The third-order valence-corrected chi connectivity index (χ3v) is 3.31. The number of halogens is 7. The molecule has 0 radical (unpaired) electrons. The largest absolute Gasteiger partial charge is 0.434 e. The number of benzene rings is 1. The molecule has 0 aliphatic carbocycles. The highest BCUT2D eigenvalue weighted by Crippen LogP contribution is 2.42. The van der Waals surface area contributed by atoms with Gasteiger partial charge in [0.15, 0.2) is 0 Å². The third-order valence-electron chi connectivity index (χ3n) is 1.56. The van der Waals surface area contributed by atoms with Crippen molar-refractivity contribution in [3.63, 3.8) is 0 Å². The fraction of sp³-hybridized carbons (Fsp3) is 0.250. The third kappa shape index (κ3) is 3.09. The van der Waals surface area contributed by atoms with E-state index in [2.05, 4.69) is 4.74 Å². The maximum absolute atomic E-state index is 12.6. The van der Waals surface area contributed by atoms with Crippen LogP contribution in [0.5, 0.6) is 5.75 Å². The topological polar surface area (TPSA) is 9.23 Å². The van der Waals surface area contributed by atoms with E-state index in [0.717, 1.165) is 12.1 Å². The van der Waals surface area contributed by atoms with Gasteiger partial charge < -0.3 is 4.74 Å². The summed E-state index contributed by atoms with van der Waals surface area (Å²) in [5.74, 6) is -0.934. The van der Waals surface area contributed by atoms with E-state index in [1.165, 1.54) is 22.6 Å². The van der Waals surface area contributed by atoms with Gasteiger partial charge in [0, 0.05) is 3.57 Å². The SMILES string of the molecule is FC(F)Oc1ccc(Cl)c(I)c1C(F)(F)F. The van der Waals surface area contributed by atoms with Crippen LogP contribution in [0.4, 0.5) is 22.0 Å². The number of hydrogen-bond donors (Lipinski definition) is 0. The van der Waals surface area contributed by atoms with E-state index in [1.54, 1.807) is 0 Å². The van der Waals surface area contributed by atoms with Crippen LogP contribution in [-0.4, -0.2) is 6.61 Å². The Hall–Kier alpha value is -0.310. The molecular weight excluding hydrogens is 369 g/mol. The Morgan fingerprint density at radius 1 is 1.25 bits per heavy atom. The monoisotopic (exact) mass is 372 g/mol. The smallest absolute Gasteiger partial charge is 0.421 e. The lowest BCUT2D eigenvalue weighted by molar-refractivity contribution is -0.142. The first kappa shape index (κ1) is 13.8. The Balaban J connectivity index is 3.33. The lowest BCUT2D eigenvalue weighted by Gasteiger charge is -2.15. The van der Waals surface area contributed by atoms with Gasteiger partial charge in [-0.05, 0) is 34.7 Å². The van der Waals surface area contributed by atoms with E-state index in [1.807, 2.05) is 0 Å². The lowest BCUT2D eigenvalue weighted by Crippen LogP contribution is -2.13. The molecule has 0 unspecified atom stereocenters. The van der Waals surface area contributed by atoms with Crippen LogP contribution in [0.1, 0.15) is 5.56 Å². The van der Waals surface area contributed by atoms with Gasteiger partial charge in [-0.2, -0.15) is 22.0 Å². The molecule has 90 valence electrons. The minimum atomic E-state index is -4.80. The Morgan fingerprint density at radius 2 is 1.81 bits per heavy atom. The Kier molecular flexibility index (Phi) is 4.22. The van der Waals surface area contributed by atoms with Crippen LogP contribution in [0.25, 0.3) is 0 Å². The molecule has 0 fully saturated rings. The summed E-state index contributed by atoms with van der Waals surface area (Å²) in [4.78, 5) is 0. The van der Waals surface area contributed by atoms with Crippen molar-refractivity contribution in [1.29, 1.82) is 0 Å². The van der Waals surface area contributed by atoms with Crippen LogP contribution in [0.2, 0.25) is 5.02 Å². The standard InChI is InChI=1S/C8H3ClF5IO/c9-3-1-2-4(16-7(10)11)5(6(3)15)8(12,13)14/h1-2,7H. The van der Waals surface area contributed by atoms with Crippen molar-refractivity contribution >= 4 is 34.2 Å². The van der Waals surface area contributed by atoms with Crippen molar-refractivity contribution in [2.45, 2.75) is 12.8 Å². The minimum Gasteiger partial charge on any atom is -0.434 e. The molecular formula is C8H3ClF5IO. The van der Waals surface area contributed by atoms with Crippen LogP contribution in [0, 0.1) is 3.57 Å². The normalized spacial score (nSPS) is 12.0. The molecule has 0 aliphatic rings. The second-order valence-corrected chi connectivity index (χ2v) is 4.10. The van der Waals surface area contributed by atoms with Gasteiger partial charge in [-0.3, -0.25) is 0 Å². The summed E-state index contributed by atoms with van der Waals surface area (Å²) < 4.78 is 64.9. The zero-order chi connectivity index (χ0) is 12.5. The zero-order valence-electron chi connectivity index (χ0n) is 7.29. The molecule has 1 aromatic carbocycles. The maximum Gasteiger partial charge on any atom is 0.421 e. The Bertz CT molecular complexity index is 393. The molecule has 16 heavy (non-hydrogen) atoms. The lowest BCUT2D eigenvalue weighted by atomic mass is 10.2. The van der Waals surface area contributed by atoms with Crippen LogP contribution >= 0.6 is 34.2 Å². The predicted octanol–water partition coefficient (Wildman–Crippen LogP) is 4.56. The van der Waals surface area contributed by atoms with E-state index in [9.17, 15) is 22.0 Å².